The highest BCUT2D eigenvalue weighted by Gasteiger charge is 2.32. The fourth-order valence-electron chi connectivity index (χ4n) is 2.51. The summed E-state index contributed by atoms with van der Waals surface area (Å²) >= 11 is 0. The van der Waals surface area contributed by atoms with Crippen molar-refractivity contribution in [3.8, 4) is 0 Å². The SMILES string of the molecule is C/C=C\C1=C(N(C)C)CCN(C)C1C(=O)NCCOC.CC. The van der Waals surface area contributed by atoms with Crippen molar-refractivity contribution < 1.29 is 9.53 Å². The zero-order valence-electron chi connectivity index (χ0n) is 15.3. The lowest BCUT2D eigenvalue weighted by atomic mass is 9.95. The van der Waals surface area contributed by atoms with Crippen LogP contribution >= 0.6 is 0 Å². The first-order chi connectivity index (χ1) is 10.5. The molecule has 128 valence electrons. The van der Waals surface area contributed by atoms with Gasteiger partial charge in [-0.25, -0.2) is 0 Å². The number of likely N-dealkylation sites (N-methyl/N-ethyl adjacent to an activating group) is 1. The molecule has 1 atom stereocenters. The summed E-state index contributed by atoms with van der Waals surface area (Å²) in [6.07, 6.45) is 5.00. The van der Waals surface area contributed by atoms with Gasteiger partial charge in [0.2, 0.25) is 5.91 Å². The molecule has 0 bridgehead atoms. The lowest BCUT2D eigenvalue weighted by Gasteiger charge is -2.36. The van der Waals surface area contributed by atoms with Gasteiger partial charge in [0.25, 0.3) is 0 Å². The highest BCUT2D eigenvalue weighted by atomic mass is 16.5. The number of carbonyl (C=O) groups excluding carboxylic acids is 1. The normalized spacial score (nSPS) is 19.0. The molecule has 5 nitrogen and oxygen atoms in total. The van der Waals surface area contributed by atoms with Crippen molar-refractivity contribution in [3.63, 3.8) is 0 Å². The first-order valence-electron chi connectivity index (χ1n) is 8.02. The molecular weight excluding hydrogens is 278 g/mol. The Morgan fingerprint density at radius 3 is 2.59 bits per heavy atom. The predicted octanol–water partition coefficient (Wildman–Crippen LogP) is 1.87. The van der Waals surface area contributed by atoms with Crippen LogP contribution in [0.3, 0.4) is 0 Å². The van der Waals surface area contributed by atoms with Gasteiger partial charge in [-0.3, -0.25) is 9.69 Å². The van der Waals surface area contributed by atoms with Gasteiger partial charge < -0.3 is 15.0 Å². The number of nitrogens with one attached hydrogen (secondary N) is 1. The largest absolute Gasteiger partial charge is 0.383 e. The van der Waals surface area contributed by atoms with Gasteiger partial charge in [-0.15, -0.1) is 0 Å². The summed E-state index contributed by atoms with van der Waals surface area (Å²) in [5.74, 6) is 0.0386. The van der Waals surface area contributed by atoms with Crippen LogP contribution in [0.15, 0.2) is 23.4 Å². The second-order valence-corrected chi connectivity index (χ2v) is 5.21. The zero-order valence-corrected chi connectivity index (χ0v) is 15.3. The van der Waals surface area contributed by atoms with Gasteiger partial charge in [-0.1, -0.05) is 26.0 Å². The standard InChI is InChI=1S/C15H27N3O2.C2H6/c1-6-7-12-13(17(2)3)8-10-18(4)14(12)15(19)16-9-11-20-5;1-2/h6-7,14H,8-11H2,1-5H3,(H,16,19);1-2H3/b7-6-;. The van der Waals surface area contributed by atoms with Gasteiger partial charge in [0.15, 0.2) is 0 Å². The fourth-order valence-corrected chi connectivity index (χ4v) is 2.51. The molecule has 1 aliphatic heterocycles. The minimum absolute atomic E-state index is 0.0386. The van der Waals surface area contributed by atoms with Crippen LogP contribution in [-0.2, 0) is 9.53 Å². The van der Waals surface area contributed by atoms with Crippen molar-refractivity contribution in [1.29, 1.82) is 0 Å². The molecule has 0 aliphatic carbocycles. The van der Waals surface area contributed by atoms with E-state index in [0.29, 0.717) is 13.2 Å². The number of rotatable bonds is 6. The molecule has 0 radical (unpaired) electrons. The van der Waals surface area contributed by atoms with Crippen LogP contribution in [-0.4, -0.2) is 69.7 Å². The number of carbonyl (C=O) groups is 1. The van der Waals surface area contributed by atoms with Crippen molar-refractivity contribution in [2.45, 2.75) is 33.2 Å². The Morgan fingerprint density at radius 1 is 1.45 bits per heavy atom. The van der Waals surface area contributed by atoms with Gasteiger partial charge in [-0.2, -0.15) is 0 Å². The number of nitrogens with zero attached hydrogens (tertiary/aromatic N) is 2. The van der Waals surface area contributed by atoms with Crippen molar-refractivity contribution in [2.75, 3.05) is 47.9 Å². The van der Waals surface area contributed by atoms with E-state index >= 15 is 0 Å². The molecular formula is C17H33N3O2. The number of ether oxygens (including phenoxy) is 1. The van der Waals surface area contributed by atoms with Crippen molar-refractivity contribution in [1.82, 2.24) is 15.1 Å². The van der Waals surface area contributed by atoms with E-state index in [2.05, 4.69) is 15.1 Å². The second kappa shape index (κ2) is 11.3. The third-order valence-electron chi connectivity index (χ3n) is 3.51. The van der Waals surface area contributed by atoms with Gasteiger partial charge in [-0.05, 0) is 19.5 Å². The Hall–Kier alpha value is -1.33. The molecule has 0 fully saturated rings. The first kappa shape index (κ1) is 20.7. The highest BCUT2D eigenvalue weighted by molar-refractivity contribution is 5.86. The lowest BCUT2D eigenvalue weighted by molar-refractivity contribution is -0.125. The number of allylic oxidation sites excluding steroid dienone is 1. The van der Waals surface area contributed by atoms with E-state index in [-0.39, 0.29) is 11.9 Å². The lowest BCUT2D eigenvalue weighted by Crippen LogP contribution is -2.50. The second-order valence-electron chi connectivity index (χ2n) is 5.21. The molecule has 22 heavy (non-hydrogen) atoms. The predicted molar refractivity (Wildman–Crippen MR) is 92.8 cm³/mol. The number of amides is 1. The third-order valence-corrected chi connectivity index (χ3v) is 3.51. The van der Waals surface area contributed by atoms with E-state index in [1.807, 2.05) is 54.1 Å². The number of hydrogen-bond acceptors (Lipinski definition) is 4. The summed E-state index contributed by atoms with van der Waals surface area (Å²) in [6.45, 7) is 7.94. The summed E-state index contributed by atoms with van der Waals surface area (Å²) in [5, 5.41) is 2.94. The van der Waals surface area contributed by atoms with Gasteiger partial charge in [0, 0.05) is 46.4 Å². The molecule has 0 spiro atoms. The average molecular weight is 311 g/mol. The molecule has 1 amide bonds. The summed E-state index contributed by atoms with van der Waals surface area (Å²) < 4.78 is 4.98. The molecule has 1 N–H and O–H groups in total. The summed E-state index contributed by atoms with van der Waals surface area (Å²) in [7, 11) is 7.69. The third kappa shape index (κ3) is 5.81. The molecule has 1 unspecified atom stereocenters. The van der Waals surface area contributed by atoms with Crippen LogP contribution in [0.5, 0.6) is 0 Å². The quantitative estimate of drug-likeness (QED) is 0.761. The number of methoxy groups -OCH3 is 1. The Morgan fingerprint density at radius 2 is 2.09 bits per heavy atom. The maximum absolute atomic E-state index is 12.4. The van der Waals surface area contributed by atoms with Gasteiger partial charge in [0.05, 0.1) is 6.61 Å². The summed E-state index contributed by atoms with van der Waals surface area (Å²) in [5.41, 5.74) is 2.31. The molecule has 1 rings (SSSR count). The van der Waals surface area contributed by atoms with Crippen LogP contribution in [0.4, 0.5) is 0 Å². The Labute approximate surface area is 136 Å². The Bertz CT molecular complexity index is 389. The summed E-state index contributed by atoms with van der Waals surface area (Å²) in [4.78, 5) is 16.7. The molecule has 1 heterocycles. The van der Waals surface area contributed by atoms with E-state index in [9.17, 15) is 4.79 Å². The van der Waals surface area contributed by atoms with Crippen molar-refractivity contribution >= 4 is 5.91 Å². The Kier molecular flexibility index (Phi) is 10.6. The number of hydrogen-bond donors (Lipinski definition) is 1. The van der Waals surface area contributed by atoms with Crippen LogP contribution in [0.2, 0.25) is 0 Å². The highest BCUT2D eigenvalue weighted by Crippen LogP contribution is 2.25. The molecule has 0 saturated carbocycles. The van der Waals surface area contributed by atoms with Crippen LogP contribution < -0.4 is 5.32 Å². The van der Waals surface area contributed by atoms with Crippen LogP contribution in [0.25, 0.3) is 0 Å². The van der Waals surface area contributed by atoms with Crippen molar-refractivity contribution in [2.24, 2.45) is 0 Å². The molecule has 0 aromatic carbocycles. The molecule has 0 saturated heterocycles. The van der Waals surface area contributed by atoms with E-state index < -0.39 is 0 Å². The first-order valence-corrected chi connectivity index (χ1v) is 8.02. The zero-order chi connectivity index (χ0) is 17.1. The maximum atomic E-state index is 12.4. The summed E-state index contributed by atoms with van der Waals surface area (Å²) in [6, 6.07) is -0.228. The van der Waals surface area contributed by atoms with E-state index in [0.717, 1.165) is 18.5 Å². The minimum atomic E-state index is -0.228. The van der Waals surface area contributed by atoms with Crippen LogP contribution in [0.1, 0.15) is 27.2 Å². The Balaban J connectivity index is 0.00000211. The van der Waals surface area contributed by atoms with E-state index in [1.165, 1.54) is 5.70 Å². The minimum Gasteiger partial charge on any atom is -0.383 e. The average Bonchev–Trinajstić information content (AvgIpc) is 2.49. The van der Waals surface area contributed by atoms with Gasteiger partial charge >= 0.3 is 0 Å². The maximum Gasteiger partial charge on any atom is 0.242 e. The van der Waals surface area contributed by atoms with Crippen molar-refractivity contribution in [3.05, 3.63) is 23.4 Å². The van der Waals surface area contributed by atoms with E-state index in [1.54, 1.807) is 7.11 Å². The fraction of sp³-hybridized carbons (Fsp3) is 0.706. The molecule has 0 aromatic rings. The molecule has 5 heteroatoms. The molecule has 0 aromatic heterocycles. The smallest absolute Gasteiger partial charge is 0.242 e. The van der Waals surface area contributed by atoms with Gasteiger partial charge in [0.1, 0.15) is 6.04 Å². The topological polar surface area (TPSA) is 44.8 Å². The molecule has 1 aliphatic rings. The van der Waals surface area contributed by atoms with Crippen LogP contribution in [0, 0.1) is 0 Å². The van der Waals surface area contributed by atoms with E-state index in [4.69, 9.17) is 4.74 Å². The monoisotopic (exact) mass is 311 g/mol.